The van der Waals surface area contributed by atoms with Gasteiger partial charge in [0, 0.05) is 6.54 Å². The van der Waals surface area contributed by atoms with Gasteiger partial charge in [-0.2, -0.15) is 8.78 Å². The molecule has 1 aromatic carbocycles. The third-order valence-electron chi connectivity index (χ3n) is 3.65. The van der Waals surface area contributed by atoms with Crippen molar-refractivity contribution >= 4 is 22.8 Å². The largest absolute Gasteiger partial charge is 0.464 e. The van der Waals surface area contributed by atoms with E-state index in [0.717, 1.165) is 36.3 Å². The molecule has 128 valence electrons. The summed E-state index contributed by atoms with van der Waals surface area (Å²) in [5.74, 6) is -0.809. The fourth-order valence-corrected chi connectivity index (χ4v) is 2.96. The summed E-state index contributed by atoms with van der Waals surface area (Å²) in [6, 6.07) is 11.7. The smallest absolute Gasteiger partial charge is 0.284 e. The number of fused-ring (bicyclic) bond motifs is 1. The zero-order valence-electron chi connectivity index (χ0n) is 13.1. The van der Waals surface area contributed by atoms with E-state index in [-0.39, 0.29) is 5.75 Å². The van der Waals surface area contributed by atoms with E-state index in [1.807, 2.05) is 30.6 Å². The molecule has 0 aliphatic carbocycles. The predicted molar refractivity (Wildman–Crippen MR) is 92.1 cm³/mol. The third-order valence-corrected chi connectivity index (χ3v) is 4.35. The number of nitrogens with one attached hydrogen (secondary N) is 1. The van der Waals surface area contributed by atoms with Gasteiger partial charge in [0.1, 0.15) is 11.5 Å². The number of imidazole rings is 1. The maximum atomic E-state index is 12.1. The highest BCUT2D eigenvalue weighted by atomic mass is 32.2. The Morgan fingerprint density at radius 3 is 2.88 bits per heavy atom. The number of rotatable bonds is 9. The van der Waals surface area contributed by atoms with Gasteiger partial charge in [0.05, 0.1) is 29.7 Å². The summed E-state index contributed by atoms with van der Waals surface area (Å²) in [4.78, 5) is 4.37. The van der Waals surface area contributed by atoms with Crippen molar-refractivity contribution in [2.24, 2.45) is 0 Å². The van der Waals surface area contributed by atoms with Gasteiger partial charge in [-0.05, 0) is 37.2 Å². The summed E-state index contributed by atoms with van der Waals surface area (Å²) in [7, 11) is 0. The predicted octanol–water partition coefficient (Wildman–Crippen LogP) is 4.27. The Kier molecular flexibility index (Phi) is 5.87. The second kappa shape index (κ2) is 8.30. The Morgan fingerprint density at radius 1 is 1.17 bits per heavy atom. The highest BCUT2D eigenvalue weighted by molar-refractivity contribution is 7.98. The van der Waals surface area contributed by atoms with Gasteiger partial charge in [-0.3, -0.25) is 0 Å². The van der Waals surface area contributed by atoms with Gasteiger partial charge in [-0.15, -0.1) is 0 Å². The molecule has 3 aromatic rings. The van der Waals surface area contributed by atoms with E-state index in [0.29, 0.717) is 24.1 Å². The number of thioether (sulfide) groups is 1. The number of alkyl halides is 2. The van der Waals surface area contributed by atoms with E-state index in [4.69, 9.17) is 4.42 Å². The van der Waals surface area contributed by atoms with Crippen LogP contribution in [0.1, 0.15) is 17.9 Å². The number of halogens is 2. The summed E-state index contributed by atoms with van der Waals surface area (Å²) in [5, 5.41) is 3.31. The normalized spacial score (nSPS) is 11.6. The van der Waals surface area contributed by atoms with Gasteiger partial charge < -0.3 is 14.3 Å². The molecule has 3 rings (SSSR count). The molecule has 0 spiro atoms. The van der Waals surface area contributed by atoms with E-state index in [2.05, 4.69) is 20.9 Å². The van der Waals surface area contributed by atoms with E-state index in [1.165, 1.54) is 0 Å². The molecule has 0 fully saturated rings. The van der Waals surface area contributed by atoms with Crippen molar-refractivity contribution in [3.05, 3.63) is 54.2 Å². The van der Waals surface area contributed by atoms with Gasteiger partial charge in [0.15, 0.2) is 0 Å². The fraction of sp³-hybridized carbons (Fsp3) is 0.353. The minimum absolute atomic E-state index is 0.200. The van der Waals surface area contributed by atoms with Crippen molar-refractivity contribution in [1.82, 2.24) is 14.9 Å². The van der Waals surface area contributed by atoms with Crippen LogP contribution in [-0.2, 0) is 18.8 Å². The molecule has 0 saturated carbocycles. The molecule has 7 heteroatoms. The number of hydrogen-bond donors (Lipinski definition) is 1. The quantitative estimate of drug-likeness (QED) is 0.585. The first-order valence-corrected chi connectivity index (χ1v) is 8.85. The molecule has 0 unspecified atom stereocenters. The maximum absolute atomic E-state index is 12.1. The minimum atomic E-state index is -2.36. The molecule has 0 aliphatic heterocycles. The van der Waals surface area contributed by atoms with Crippen molar-refractivity contribution < 1.29 is 13.2 Å². The van der Waals surface area contributed by atoms with Crippen LogP contribution in [0.25, 0.3) is 11.0 Å². The Labute approximate surface area is 143 Å². The number of hydrogen-bond acceptors (Lipinski definition) is 4. The van der Waals surface area contributed by atoms with Crippen LogP contribution in [0.3, 0.4) is 0 Å². The SMILES string of the molecule is FC(F)SCc1ccc(CNCCCn2cnc3ccccc32)o1. The molecule has 4 nitrogen and oxygen atoms in total. The number of nitrogens with zero attached hydrogens (tertiary/aromatic N) is 2. The van der Waals surface area contributed by atoms with Crippen LogP contribution in [0.4, 0.5) is 8.78 Å². The Bertz CT molecular complexity index is 772. The van der Waals surface area contributed by atoms with Crippen molar-refractivity contribution in [3.63, 3.8) is 0 Å². The average molecular weight is 351 g/mol. The van der Waals surface area contributed by atoms with Crippen LogP contribution in [0.15, 0.2) is 47.1 Å². The van der Waals surface area contributed by atoms with Crippen LogP contribution < -0.4 is 5.32 Å². The minimum Gasteiger partial charge on any atom is -0.464 e. The van der Waals surface area contributed by atoms with Gasteiger partial charge in [0.2, 0.25) is 0 Å². The first kappa shape index (κ1) is 17.0. The summed E-state index contributed by atoms with van der Waals surface area (Å²) in [5.41, 5.74) is 2.15. The van der Waals surface area contributed by atoms with Crippen molar-refractivity contribution in [1.29, 1.82) is 0 Å². The van der Waals surface area contributed by atoms with Crippen molar-refractivity contribution in [3.8, 4) is 0 Å². The first-order chi connectivity index (χ1) is 11.7. The molecule has 0 atom stereocenters. The third kappa shape index (κ3) is 4.58. The monoisotopic (exact) mass is 351 g/mol. The van der Waals surface area contributed by atoms with Crippen LogP contribution in [0.5, 0.6) is 0 Å². The van der Waals surface area contributed by atoms with E-state index < -0.39 is 5.76 Å². The lowest BCUT2D eigenvalue weighted by Gasteiger charge is -2.05. The lowest BCUT2D eigenvalue weighted by molar-refractivity contribution is 0.251. The number of benzene rings is 1. The maximum Gasteiger partial charge on any atom is 0.284 e. The second-order valence-corrected chi connectivity index (χ2v) is 6.38. The van der Waals surface area contributed by atoms with E-state index in [1.54, 1.807) is 6.07 Å². The molecule has 2 heterocycles. The van der Waals surface area contributed by atoms with Crippen LogP contribution >= 0.6 is 11.8 Å². The fourth-order valence-electron chi connectivity index (χ4n) is 2.51. The van der Waals surface area contributed by atoms with Gasteiger partial charge in [-0.1, -0.05) is 23.9 Å². The van der Waals surface area contributed by atoms with Gasteiger partial charge >= 0.3 is 0 Å². The molecule has 0 saturated heterocycles. The van der Waals surface area contributed by atoms with Gasteiger partial charge in [0.25, 0.3) is 5.76 Å². The highest BCUT2D eigenvalue weighted by Gasteiger charge is 2.07. The number of aryl methyl sites for hydroxylation is 1. The highest BCUT2D eigenvalue weighted by Crippen LogP contribution is 2.21. The molecular weight excluding hydrogens is 332 g/mol. The molecule has 1 N–H and O–H groups in total. The Hall–Kier alpha value is -1.86. The number of para-hydroxylation sites is 2. The molecule has 0 amide bonds. The Morgan fingerprint density at radius 2 is 2.00 bits per heavy atom. The van der Waals surface area contributed by atoms with Crippen LogP contribution in [0, 0.1) is 0 Å². The van der Waals surface area contributed by atoms with Gasteiger partial charge in [-0.25, -0.2) is 4.98 Å². The molecular formula is C17H19F2N3OS. The van der Waals surface area contributed by atoms with Crippen molar-refractivity contribution in [2.75, 3.05) is 6.54 Å². The standard InChI is InChI=1S/C17H19F2N3OS/c18-17(19)24-11-14-7-6-13(23-14)10-20-8-3-9-22-12-21-15-4-1-2-5-16(15)22/h1-2,4-7,12,17,20H,3,8-11H2. The zero-order chi connectivity index (χ0) is 16.8. The summed E-state index contributed by atoms with van der Waals surface area (Å²) in [6.07, 6.45) is 2.83. The topological polar surface area (TPSA) is 43.0 Å². The molecule has 24 heavy (non-hydrogen) atoms. The molecule has 0 bridgehead atoms. The number of aromatic nitrogens is 2. The molecule has 0 aliphatic rings. The Balaban J connectivity index is 1.38. The molecule has 2 aromatic heterocycles. The lowest BCUT2D eigenvalue weighted by atomic mass is 10.3. The zero-order valence-corrected chi connectivity index (χ0v) is 13.9. The summed E-state index contributed by atoms with van der Waals surface area (Å²) < 4.78 is 31.9. The number of furan rings is 1. The van der Waals surface area contributed by atoms with E-state index in [9.17, 15) is 8.78 Å². The van der Waals surface area contributed by atoms with Crippen LogP contribution in [0.2, 0.25) is 0 Å². The first-order valence-electron chi connectivity index (χ1n) is 7.80. The van der Waals surface area contributed by atoms with Crippen LogP contribution in [-0.4, -0.2) is 21.9 Å². The van der Waals surface area contributed by atoms with Crippen molar-refractivity contribution in [2.45, 2.75) is 31.0 Å². The second-order valence-electron chi connectivity index (χ2n) is 5.40. The molecule has 0 radical (unpaired) electrons. The summed E-state index contributed by atoms with van der Waals surface area (Å²) in [6.45, 7) is 2.33. The van der Waals surface area contributed by atoms with E-state index >= 15 is 0 Å². The summed E-state index contributed by atoms with van der Waals surface area (Å²) >= 11 is 0.573. The lowest BCUT2D eigenvalue weighted by Crippen LogP contribution is -2.16. The average Bonchev–Trinajstić information content (AvgIpc) is 3.20.